The molecule has 1 N–H and O–H groups in total. The maximum atomic E-state index is 11.5. The minimum Gasteiger partial charge on any atom is -0.478 e. The van der Waals surface area contributed by atoms with Gasteiger partial charge in [-0.05, 0) is 66.5 Å². The Bertz CT molecular complexity index is 1820. The number of benzene rings is 3. The molecule has 1 fully saturated rings. The van der Waals surface area contributed by atoms with Gasteiger partial charge in [0, 0.05) is 31.3 Å². The van der Waals surface area contributed by atoms with Crippen LogP contribution in [0.15, 0.2) is 72.8 Å². The highest BCUT2D eigenvalue weighted by atomic mass is 16.5. The van der Waals surface area contributed by atoms with Crippen molar-refractivity contribution in [2.45, 2.75) is 38.5 Å². The van der Waals surface area contributed by atoms with Crippen molar-refractivity contribution in [2.24, 2.45) is 0 Å². The summed E-state index contributed by atoms with van der Waals surface area (Å²) in [5, 5.41) is 11.4. The van der Waals surface area contributed by atoms with Gasteiger partial charge >= 0.3 is 5.97 Å². The van der Waals surface area contributed by atoms with E-state index in [1.165, 1.54) is 0 Å². The van der Waals surface area contributed by atoms with Gasteiger partial charge in [0.25, 0.3) is 0 Å². The van der Waals surface area contributed by atoms with Crippen LogP contribution in [0.5, 0.6) is 5.88 Å². The monoisotopic (exact) mass is 575 g/mol. The number of nitrogens with zero attached hydrogens (tertiary/aromatic N) is 5. The van der Waals surface area contributed by atoms with Crippen molar-refractivity contribution in [3.63, 3.8) is 0 Å². The summed E-state index contributed by atoms with van der Waals surface area (Å²) in [6, 6.07) is 22.8. The molecule has 1 aliphatic rings. The number of likely N-dealkylation sites (tertiary alicyclic amines) is 1. The Kier molecular flexibility index (Phi) is 8.31. The van der Waals surface area contributed by atoms with E-state index >= 15 is 0 Å². The second kappa shape index (κ2) is 12.6. The molecule has 0 bridgehead atoms. The normalized spacial score (nSPS) is 14.2. The third-order valence-corrected chi connectivity index (χ3v) is 8.20. The Balaban J connectivity index is 1.11. The number of imidazole rings is 1. The van der Waals surface area contributed by atoms with Gasteiger partial charge in [-0.3, -0.25) is 4.90 Å². The molecule has 5 aromatic rings. The maximum absolute atomic E-state index is 11.5. The van der Waals surface area contributed by atoms with E-state index in [1.807, 2.05) is 48.5 Å². The largest absolute Gasteiger partial charge is 0.478 e. The van der Waals surface area contributed by atoms with Crippen LogP contribution in [-0.4, -0.2) is 57.3 Å². The SMILES string of the molecule is [C-]#[N+]c1ccc(COc2cccc(C3CCN(Cc4nc5ccc(C(=O)O)cc5n4CCOC)CC3)n2)c2ccccc12. The molecule has 0 atom stereocenters. The lowest BCUT2D eigenvalue weighted by Gasteiger charge is -2.31. The van der Waals surface area contributed by atoms with Gasteiger partial charge < -0.3 is 19.1 Å². The molecule has 9 nitrogen and oxygen atoms in total. The van der Waals surface area contributed by atoms with Crippen molar-refractivity contribution in [3.05, 3.63) is 107 Å². The first-order chi connectivity index (χ1) is 21.0. The number of carboxylic acid groups (broad SMARTS) is 1. The van der Waals surface area contributed by atoms with Crippen LogP contribution in [0.4, 0.5) is 5.69 Å². The summed E-state index contributed by atoms with van der Waals surface area (Å²) in [4.78, 5) is 27.3. The molecule has 218 valence electrons. The molecule has 0 unspecified atom stereocenters. The summed E-state index contributed by atoms with van der Waals surface area (Å²) in [6.45, 7) is 11.5. The first-order valence-corrected chi connectivity index (χ1v) is 14.5. The molecule has 1 saturated heterocycles. The van der Waals surface area contributed by atoms with Crippen LogP contribution in [0.25, 0.3) is 26.7 Å². The van der Waals surface area contributed by atoms with Gasteiger partial charge in [0.05, 0.1) is 36.3 Å². The van der Waals surface area contributed by atoms with Gasteiger partial charge in [0.15, 0.2) is 5.69 Å². The van der Waals surface area contributed by atoms with E-state index in [9.17, 15) is 9.90 Å². The minimum atomic E-state index is -0.947. The predicted molar refractivity (Wildman–Crippen MR) is 165 cm³/mol. The van der Waals surface area contributed by atoms with Gasteiger partial charge in [-0.15, -0.1) is 0 Å². The van der Waals surface area contributed by atoms with Crippen molar-refractivity contribution in [1.82, 2.24) is 19.4 Å². The van der Waals surface area contributed by atoms with Crippen molar-refractivity contribution in [3.8, 4) is 5.88 Å². The van der Waals surface area contributed by atoms with Crippen LogP contribution in [0.2, 0.25) is 0 Å². The number of methoxy groups -OCH3 is 1. The van der Waals surface area contributed by atoms with Crippen molar-refractivity contribution >= 4 is 33.5 Å². The molecule has 0 saturated carbocycles. The van der Waals surface area contributed by atoms with E-state index < -0.39 is 5.97 Å². The molecule has 1 aliphatic heterocycles. The maximum Gasteiger partial charge on any atom is 0.335 e. The molecule has 0 amide bonds. The molecular formula is C34H33N5O4. The highest BCUT2D eigenvalue weighted by molar-refractivity contribution is 5.96. The molecule has 43 heavy (non-hydrogen) atoms. The topological polar surface area (TPSA) is 94.1 Å². The van der Waals surface area contributed by atoms with E-state index in [4.69, 9.17) is 26.0 Å². The van der Waals surface area contributed by atoms with Crippen LogP contribution < -0.4 is 4.74 Å². The quantitative estimate of drug-likeness (QED) is 0.192. The Morgan fingerprint density at radius 2 is 1.84 bits per heavy atom. The number of rotatable bonds is 10. The van der Waals surface area contributed by atoms with Gasteiger partial charge in [-0.2, -0.15) is 0 Å². The molecule has 9 heteroatoms. The highest BCUT2D eigenvalue weighted by Crippen LogP contribution is 2.31. The average Bonchev–Trinajstić information content (AvgIpc) is 3.38. The van der Waals surface area contributed by atoms with Crippen LogP contribution in [-0.2, 0) is 24.4 Å². The molecule has 2 aromatic heterocycles. The summed E-state index contributed by atoms with van der Waals surface area (Å²) in [7, 11) is 1.66. The van der Waals surface area contributed by atoms with Crippen LogP contribution in [0.3, 0.4) is 0 Å². The van der Waals surface area contributed by atoms with Crippen molar-refractivity contribution < 1.29 is 19.4 Å². The summed E-state index contributed by atoms with van der Waals surface area (Å²) in [5.41, 5.74) is 4.58. The summed E-state index contributed by atoms with van der Waals surface area (Å²) in [5.74, 6) is 0.908. The van der Waals surface area contributed by atoms with Gasteiger partial charge in [-0.1, -0.05) is 42.5 Å². The summed E-state index contributed by atoms with van der Waals surface area (Å²) < 4.78 is 13.6. The van der Waals surface area contributed by atoms with Gasteiger partial charge in [0.1, 0.15) is 12.4 Å². The second-order valence-corrected chi connectivity index (χ2v) is 10.8. The molecule has 6 rings (SSSR count). The predicted octanol–water partition coefficient (Wildman–Crippen LogP) is 6.44. The Hall–Kier alpha value is -4.78. The van der Waals surface area contributed by atoms with Crippen LogP contribution >= 0.6 is 0 Å². The molecule has 3 heterocycles. The Morgan fingerprint density at radius 1 is 1.02 bits per heavy atom. The van der Waals surface area contributed by atoms with Crippen molar-refractivity contribution in [2.75, 3.05) is 26.8 Å². The molecule has 3 aromatic carbocycles. The fourth-order valence-electron chi connectivity index (χ4n) is 5.90. The average molecular weight is 576 g/mol. The molecule has 0 spiro atoms. The zero-order chi connectivity index (χ0) is 29.8. The van der Waals surface area contributed by atoms with Gasteiger partial charge in [0.2, 0.25) is 5.88 Å². The number of aromatic carboxylic acids is 1. The number of hydrogen-bond acceptors (Lipinski definition) is 6. The second-order valence-electron chi connectivity index (χ2n) is 10.8. The minimum absolute atomic E-state index is 0.253. The number of aromatic nitrogens is 3. The smallest absolute Gasteiger partial charge is 0.335 e. The van der Waals surface area contributed by atoms with Gasteiger partial charge in [-0.25, -0.2) is 19.6 Å². The van der Waals surface area contributed by atoms with E-state index in [1.54, 1.807) is 25.3 Å². The third-order valence-electron chi connectivity index (χ3n) is 8.20. The standard InChI is InChI=1S/C34H33N5O4/c1-35-29-12-11-25(26-6-3-4-7-27(26)29)22-43-33-9-5-8-28(37-33)23-14-16-38(17-15-23)21-32-36-30-13-10-24(34(40)41)20-31(30)39(32)18-19-42-2/h3-13,20,23H,14-19,21-22H2,2H3,(H,40,41). The lowest BCUT2D eigenvalue weighted by atomic mass is 9.93. The fraction of sp³-hybridized carbons (Fsp3) is 0.294. The van der Waals surface area contributed by atoms with E-state index in [0.717, 1.165) is 64.8 Å². The lowest BCUT2D eigenvalue weighted by Crippen LogP contribution is -2.33. The number of fused-ring (bicyclic) bond motifs is 2. The third kappa shape index (κ3) is 6.07. The van der Waals surface area contributed by atoms with E-state index in [2.05, 4.69) is 20.4 Å². The fourth-order valence-corrected chi connectivity index (χ4v) is 5.90. The Morgan fingerprint density at radius 3 is 2.60 bits per heavy atom. The zero-order valence-electron chi connectivity index (χ0n) is 24.1. The molecule has 0 radical (unpaired) electrons. The molecular weight excluding hydrogens is 542 g/mol. The Labute approximate surface area is 250 Å². The van der Waals surface area contributed by atoms with Crippen LogP contribution in [0.1, 0.15) is 46.2 Å². The summed E-state index contributed by atoms with van der Waals surface area (Å²) in [6.07, 6.45) is 1.95. The number of hydrogen-bond donors (Lipinski definition) is 1. The van der Waals surface area contributed by atoms with E-state index in [0.29, 0.717) is 43.8 Å². The lowest BCUT2D eigenvalue weighted by molar-refractivity contribution is 0.0697. The summed E-state index contributed by atoms with van der Waals surface area (Å²) >= 11 is 0. The highest BCUT2D eigenvalue weighted by Gasteiger charge is 2.24. The first kappa shape index (κ1) is 28.3. The van der Waals surface area contributed by atoms with Crippen molar-refractivity contribution in [1.29, 1.82) is 0 Å². The number of carboxylic acids is 1. The molecule has 0 aliphatic carbocycles. The number of piperidine rings is 1. The van der Waals surface area contributed by atoms with E-state index in [-0.39, 0.29) is 5.56 Å². The van der Waals surface area contributed by atoms with Crippen LogP contribution in [0, 0.1) is 6.57 Å². The zero-order valence-corrected chi connectivity index (χ0v) is 24.1. The number of ether oxygens (including phenoxy) is 2. The number of carbonyl (C=O) groups is 1. The number of pyridine rings is 1. The first-order valence-electron chi connectivity index (χ1n) is 14.5.